The topological polar surface area (TPSA) is 82.7 Å². The highest BCUT2D eigenvalue weighted by Gasteiger charge is 2.27. The van der Waals surface area contributed by atoms with Gasteiger partial charge in [-0.05, 0) is 25.5 Å². The van der Waals surface area contributed by atoms with E-state index in [0.717, 1.165) is 0 Å². The number of carbonyl (C=O) groups is 2. The standard InChI is InChI=1S/C14H19N3O4/c1-3-21-14(20)17-8-6-16(7-9-17)13(19)11-10(2)4-5-15-12(11)18/h4-5H,3,6-9H2,1-2H3,(H,15,18). The normalized spacial score (nSPS) is 15.0. The minimum Gasteiger partial charge on any atom is -0.450 e. The van der Waals surface area contributed by atoms with Crippen LogP contribution in [0.3, 0.4) is 0 Å². The average Bonchev–Trinajstić information content (AvgIpc) is 2.47. The lowest BCUT2D eigenvalue weighted by Crippen LogP contribution is -2.51. The van der Waals surface area contributed by atoms with Crippen molar-refractivity contribution in [3.05, 3.63) is 33.7 Å². The molecule has 0 spiro atoms. The Hall–Kier alpha value is -2.31. The molecule has 0 saturated carbocycles. The summed E-state index contributed by atoms with van der Waals surface area (Å²) in [4.78, 5) is 41.5. The van der Waals surface area contributed by atoms with Crippen molar-refractivity contribution in [3.8, 4) is 0 Å². The zero-order chi connectivity index (χ0) is 15.4. The number of aromatic amines is 1. The first kappa shape index (κ1) is 15.1. The number of nitrogens with zero attached hydrogens (tertiary/aromatic N) is 2. The molecule has 7 heteroatoms. The highest BCUT2D eigenvalue weighted by atomic mass is 16.6. The predicted molar refractivity (Wildman–Crippen MR) is 76.3 cm³/mol. The fraction of sp³-hybridized carbons (Fsp3) is 0.500. The molecular weight excluding hydrogens is 274 g/mol. The number of carbonyl (C=O) groups excluding carboxylic acids is 2. The molecule has 21 heavy (non-hydrogen) atoms. The number of aryl methyl sites for hydroxylation is 1. The minimum absolute atomic E-state index is 0.169. The molecule has 1 fully saturated rings. The number of hydrogen-bond acceptors (Lipinski definition) is 4. The number of H-pyrrole nitrogens is 1. The third kappa shape index (κ3) is 3.24. The number of pyridine rings is 1. The molecule has 2 rings (SSSR count). The van der Waals surface area contributed by atoms with Crippen molar-refractivity contribution in [1.29, 1.82) is 0 Å². The van der Waals surface area contributed by atoms with Crippen LogP contribution in [0, 0.1) is 6.92 Å². The molecule has 1 N–H and O–H groups in total. The van der Waals surface area contributed by atoms with E-state index in [9.17, 15) is 14.4 Å². The SMILES string of the molecule is CCOC(=O)N1CCN(C(=O)c2c(C)cc[nH]c2=O)CC1. The number of nitrogens with one attached hydrogen (secondary N) is 1. The van der Waals surface area contributed by atoms with Gasteiger partial charge in [-0.3, -0.25) is 9.59 Å². The average molecular weight is 293 g/mol. The van der Waals surface area contributed by atoms with E-state index in [2.05, 4.69) is 4.98 Å². The maximum atomic E-state index is 12.4. The predicted octanol–water partition coefficient (Wildman–Crippen LogP) is 0.598. The Morgan fingerprint density at radius 3 is 2.43 bits per heavy atom. The van der Waals surface area contributed by atoms with Crippen LogP contribution >= 0.6 is 0 Å². The molecule has 0 radical (unpaired) electrons. The molecule has 0 aliphatic carbocycles. The van der Waals surface area contributed by atoms with Crippen LogP contribution in [0.5, 0.6) is 0 Å². The van der Waals surface area contributed by atoms with Crippen LogP contribution < -0.4 is 5.56 Å². The second-order valence-electron chi connectivity index (χ2n) is 4.84. The van der Waals surface area contributed by atoms with Gasteiger partial charge >= 0.3 is 6.09 Å². The fourth-order valence-corrected chi connectivity index (χ4v) is 2.31. The summed E-state index contributed by atoms with van der Waals surface area (Å²) in [7, 11) is 0. The Balaban J connectivity index is 2.04. The molecule has 1 aromatic rings. The molecule has 1 aliphatic rings. The van der Waals surface area contributed by atoms with Crippen molar-refractivity contribution in [1.82, 2.24) is 14.8 Å². The van der Waals surface area contributed by atoms with Crippen molar-refractivity contribution in [2.45, 2.75) is 13.8 Å². The summed E-state index contributed by atoms with van der Waals surface area (Å²) in [6.07, 6.45) is 1.16. The van der Waals surface area contributed by atoms with Gasteiger partial charge in [0, 0.05) is 32.4 Å². The van der Waals surface area contributed by atoms with Gasteiger partial charge in [-0.15, -0.1) is 0 Å². The fourth-order valence-electron chi connectivity index (χ4n) is 2.31. The van der Waals surface area contributed by atoms with Gasteiger partial charge in [0.15, 0.2) is 0 Å². The van der Waals surface area contributed by atoms with Gasteiger partial charge in [-0.2, -0.15) is 0 Å². The summed E-state index contributed by atoms with van der Waals surface area (Å²) < 4.78 is 4.93. The number of aromatic nitrogens is 1. The van der Waals surface area contributed by atoms with E-state index < -0.39 is 0 Å². The molecule has 2 amide bonds. The van der Waals surface area contributed by atoms with Crippen molar-refractivity contribution < 1.29 is 14.3 Å². The van der Waals surface area contributed by atoms with Crippen LogP contribution in [0.2, 0.25) is 0 Å². The number of ether oxygens (including phenoxy) is 1. The monoisotopic (exact) mass is 293 g/mol. The number of piperazine rings is 1. The molecule has 0 atom stereocenters. The van der Waals surface area contributed by atoms with Crippen LogP contribution in [0.25, 0.3) is 0 Å². The maximum Gasteiger partial charge on any atom is 0.409 e. The minimum atomic E-state index is -0.382. The van der Waals surface area contributed by atoms with Gasteiger partial charge in [0.25, 0.3) is 11.5 Å². The van der Waals surface area contributed by atoms with Crippen molar-refractivity contribution >= 4 is 12.0 Å². The smallest absolute Gasteiger partial charge is 0.409 e. The Morgan fingerprint density at radius 1 is 1.24 bits per heavy atom. The summed E-state index contributed by atoms with van der Waals surface area (Å²) in [6.45, 7) is 5.43. The molecule has 1 saturated heterocycles. The van der Waals surface area contributed by atoms with Crippen molar-refractivity contribution in [2.24, 2.45) is 0 Å². The summed E-state index contributed by atoms with van der Waals surface area (Å²) >= 11 is 0. The summed E-state index contributed by atoms with van der Waals surface area (Å²) in [5.41, 5.74) is 0.437. The lowest BCUT2D eigenvalue weighted by atomic mass is 10.1. The Bertz CT molecular complexity index is 588. The first-order chi connectivity index (χ1) is 10.0. The second-order valence-corrected chi connectivity index (χ2v) is 4.84. The maximum absolute atomic E-state index is 12.4. The van der Waals surface area contributed by atoms with Crippen LogP contribution in [-0.2, 0) is 4.74 Å². The van der Waals surface area contributed by atoms with Crippen LogP contribution in [0.1, 0.15) is 22.8 Å². The summed E-state index contributed by atoms with van der Waals surface area (Å²) in [5, 5.41) is 0. The zero-order valence-electron chi connectivity index (χ0n) is 12.2. The molecule has 7 nitrogen and oxygen atoms in total. The molecule has 2 heterocycles. The quantitative estimate of drug-likeness (QED) is 0.865. The highest BCUT2D eigenvalue weighted by molar-refractivity contribution is 5.95. The number of amides is 2. The van der Waals surface area contributed by atoms with Crippen LogP contribution in [-0.4, -0.2) is 59.6 Å². The molecule has 0 aromatic carbocycles. The lowest BCUT2D eigenvalue weighted by Gasteiger charge is -2.34. The van der Waals surface area contributed by atoms with E-state index in [1.807, 2.05) is 0 Å². The van der Waals surface area contributed by atoms with Gasteiger partial charge in [0.2, 0.25) is 0 Å². The van der Waals surface area contributed by atoms with Crippen LogP contribution in [0.4, 0.5) is 4.79 Å². The Morgan fingerprint density at radius 2 is 1.86 bits per heavy atom. The molecule has 1 aromatic heterocycles. The summed E-state index contributed by atoms with van der Waals surface area (Å²) in [5.74, 6) is -0.294. The van der Waals surface area contributed by atoms with E-state index in [1.54, 1.807) is 29.7 Å². The van der Waals surface area contributed by atoms with Crippen molar-refractivity contribution in [3.63, 3.8) is 0 Å². The largest absolute Gasteiger partial charge is 0.450 e. The molecule has 114 valence electrons. The highest BCUT2D eigenvalue weighted by Crippen LogP contribution is 2.09. The van der Waals surface area contributed by atoms with E-state index in [1.165, 1.54) is 6.20 Å². The van der Waals surface area contributed by atoms with Crippen molar-refractivity contribution in [2.75, 3.05) is 32.8 Å². The van der Waals surface area contributed by atoms with Gasteiger partial charge < -0.3 is 19.5 Å². The summed E-state index contributed by atoms with van der Waals surface area (Å²) in [6, 6.07) is 1.70. The zero-order valence-corrected chi connectivity index (χ0v) is 12.2. The molecular formula is C14H19N3O4. The first-order valence-electron chi connectivity index (χ1n) is 6.94. The van der Waals surface area contributed by atoms with Gasteiger partial charge in [0.05, 0.1) is 6.61 Å². The van der Waals surface area contributed by atoms with Gasteiger partial charge in [-0.25, -0.2) is 4.79 Å². The second kappa shape index (κ2) is 6.43. The Labute approximate surface area is 122 Å². The van der Waals surface area contributed by atoms with Gasteiger partial charge in [-0.1, -0.05) is 0 Å². The Kier molecular flexibility index (Phi) is 4.62. The lowest BCUT2D eigenvalue weighted by molar-refractivity contribution is 0.0568. The van der Waals surface area contributed by atoms with E-state index in [0.29, 0.717) is 38.3 Å². The molecule has 0 bridgehead atoms. The van der Waals surface area contributed by atoms with Crippen LogP contribution in [0.15, 0.2) is 17.1 Å². The number of rotatable bonds is 2. The molecule has 0 unspecified atom stereocenters. The third-order valence-electron chi connectivity index (χ3n) is 3.48. The van der Waals surface area contributed by atoms with E-state index >= 15 is 0 Å². The number of hydrogen-bond donors (Lipinski definition) is 1. The van der Waals surface area contributed by atoms with E-state index in [-0.39, 0.29) is 23.1 Å². The molecule has 1 aliphatic heterocycles. The third-order valence-corrected chi connectivity index (χ3v) is 3.48. The van der Waals surface area contributed by atoms with E-state index in [4.69, 9.17) is 4.74 Å². The van der Waals surface area contributed by atoms with Gasteiger partial charge in [0.1, 0.15) is 5.56 Å². The first-order valence-corrected chi connectivity index (χ1v) is 6.94.